The summed E-state index contributed by atoms with van der Waals surface area (Å²) in [5.74, 6) is 0.608. The van der Waals surface area contributed by atoms with Gasteiger partial charge in [-0.3, -0.25) is 0 Å². The maximum atomic E-state index is 10.7. The minimum Gasteiger partial charge on any atom is -0.384 e. The highest BCUT2D eigenvalue weighted by Crippen LogP contribution is 2.41. The molecule has 1 aliphatic carbocycles. The molecule has 20 heavy (non-hydrogen) atoms. The van der Waals surface area contributed by atoms with Gasteiger partial charge >= 0.3 is 0 Å². The molecule has 1 N–H and O–H groups in total. The van der Waals surface area contributed by atoms with Crippen LogP contribution in [-0.2, 0) is 0 Å². The molecule has 1 unspecified atom stereocenters. The Morgan fingerprint density at radius 1 is 1.15 bits per heavy atom. The van der Waals surface area contributed by atoms with Crippen LogP contribution >= 0.6 is 27.5 Å². The highest BCUT2D eigenvalue weighted by atomic mass is 79.9. The van der Waals surface area contributed by atoms with E-state index in [1.807, 2.05) is 30.3 Å². The third kappa shape index (κ3) is 2.65. The van der Waals surface area contributed by atoms with Crippen molar-refractivity contribution in [2.24, 2.45) is 0 Å². The Kier molecular flexibility index (Phi) is 4.16. The van der Waals surface area contributed by atoms with Gasteiger partial charge in [0.25, 0.3) is 0 Å². The molecule has 0 heterocycles. The van der Waals surface area contributed by atoms with Gasteiger partial charge in [-0.25, -0.2) is 0 Å². The predicted molar refractivity (Wildman–Crippen MR) is 86.2 cm³/mol. The van der Waals surface area contributed by atoms with Crippen molar-refractivity contribution in [1.82, 2.24) is 0 Å². The minimum atomic E-state index is -0.597. The summed E-state index contributed by atoms with van der Waals surface area (Å²) < 4.78 is 0.817. The molecule has 2 aromatic rings. The zero-order valence-corrected chi connectivity index (χ0v) is 13.4. The average Bonchev–Trinajstić information content (AvgIpc) is 2.40. The van der Waals surface area contributed by atoms with Gasteiger partial charge in [0, 0.05) is 4.47 Å². The summed E-state index contributed by atoms with van der Waals surface area (Å²) in [6.45, 7) is 0. The maximum absolute atomic E-state index is 10.7. The van der Waals surface area contributed by atoms with E-state index in [-0.39, 0.29) is 0 Å². The van der Waals surface area contributed by atoms with Crippen LogP contribution in [0.1, 0.15) is 48.0 Å². The molecule has 0 radical (unpaired) electrons. The predicted octanol–water partition coefficient (Wildman–Crippen LogP) is 5.45. The zero-order valence-electron chi connectivity index (χ0n) is 11.0. The lowest BCUT2D eigenvalue weighted by Crippen LogP contribution is -2.13. The first-order valence-corrected chi connectivity index (χ1v) is 8.06. The van der Waals surface area contributed by atoms with Crippen LogP contribution in [0.3, 0.4) is 0 Å². The molecular weight excluding hydrogens is 336 g/mol. The number of aliphatic hydroxyl groups is 1. The maximum Gasteiger partial charge on any atom is 0.104 e. The molecule has 1 aliphatic rings. The number of benzene rings is 2. The molecule has 2 aromatic carbocycles. The Hall–Kier alpha value is -0.830. The van der Waals surface area contributed by atoms with Crippen molar-refractivity contribution in [3.8, 4) is 0 Å². The largest absolute Gasteiger partial charge is 0.384 e. The van der Waals surface area contributed by atoms with Gasteiger partial charge in [-0.15, -0.1) is 0 Å². The van der Waals surface area contributed by atoms with Crippen molar-refractivity contribution >= 4 is 27.5 Å². The smallest absolute Gasteiger partial charge is 0.104 e. The second kappa shape index (κ2) is 5.88. The Morgan fingerprint density at radius 2 is 1.90 bits per heavy atom. The lowest BCUT2D eigenvalue weighted by molar-refractivity contribution is 0.217. The van der Waals surface area contributed by atoms with Gasteiger partial charge in [0.1, 0.15) is 6.10 Å². The Balaban J connectivity index is 1.97. The molecule has 0 aliphatic heterocycles. The topological polar surface area (TPSA) is 20.2 Å². The first kappa shape index (κ1) is 14.1. The van der Waals surface area contributed by atoms with Gasteiger partial charge in [0.15, 0.2) is 0 Å². The van der Waals surface area contributed by atoms with E-state index in [4.69, 9.17) is 11.6 Å². The molecule has 0 aromatic heterocycles. The van der Waals surface area contributed by atoms with E-state index in [0.717, 1.165) is 15.6 Å². The third-order valence-electron chi connectivity index (χ3n) is 4.09. The summed E-state index contributed by atoms with van der Waals surface area (Å²) in [5, 5.41) is 11.4. The molecule has 0 saturated heterocycles. The van der Waals surface area contributed by atoms with E-state index in [1.54, 1.807) is 0 Å². The van der Waals surface area contributed by atoms with Crippen molar-refractivity contribution in [1.29, 1.82) is 0 Å². The molecule has 1 fully saturated rings. The van der Waals surface area contributed by atoms with Gasteiger partial charge in [-0.2, -0.15) is 0 Å². The highest BCUT2D eigenvalue weighted by molar-refractivity contribution is 9.10. The molecule has 3 heteroatoms. The Morgan fingerprint density at radius 3 is 2.55 bits per heavy atom. The van der Waals surface area contributed by atoms with E-state index in [1.165, 1.54) is 24.8 Å². The van der Waals surface area contributed by atoms with E-state index < -0.39 is 6.10 Å². The number of hydrogen-bond donors (Lipinski definition) is 1. The molecule has 0 spiro atoms. The summed E-state index contributed by atoms with van der Waals surface area (Å²) in [4.78, 5) is 0. The highest BCUT2D eigenvalue weighted by Gasteiger charge is 2.24. The molecular formula is C17H16BrClO. The molecule has 104 valence electrons. The Labute approximate surface area is 132 Å². The number of hydrogen-bond acceptors (Lipinski definition) is 1. The van der Waals surface area contributed by atoms with Crippen molar-refractivity contribution in [2.45, 2.75) is 31.3 Å². The lowest BCUT2D eigenvalue weighted by Gasteiger charge is -2.29. The number of aliphatic hydroxyl groups excluding tert-OH is 1. The minimum absolute atomic E-state index is 0.597. The van der Waals surface area contributed by atoms with Gasteiger partial charge < -0.3 is 5.11 Å². The van der Waals surface area contributed by atoms with E-state index in [9.17, 15) is 5.11 Å². The van der Waals surface area contributed by atoms with E-state index in [2.05, 4.69) is 28.1 Å². The molecule has 1 nitrogen and oxygen atoms in total. The van der Waals surface area contributed by atoms with Crippen molar-refractivity contribution < 1.29 is 5.11 Å². The molecule has 0 bridgehead atoms. The quantitative estimate of drug-likeness (QED) is 0.779. The van der Waals surface area contributed by atoms with Crippen LogP contribution in [0, 0.1) is 0 Å². The molecule has 0 amide bonds. The summed E-state index contributed by atoms with van der Waals surface area (Å²) in [5.41, 5.74) is 3.18. The van der Waals surface area contributed by atoms with Crippen molar-refractivity contribution in [2.75, 3.05) is 0 Å². The molecule has 1 atom stereocenters. The lowest BCUT2D eigenvalue weighted by atomic mass is 9.77. The SMILES string of the molecule is OC(c1ccc(Cl)c(Br)c1)c1ccccc1C1CCC1. The Bertz CT molecular complexity index is 622. The number of rotatable bonds is 3. The van der Waals surface area contributed by atoms with Crippen LogP contribution < -0.4 is 0 Å². The van der Waals surface area contributed by atoms with Crippen LogP contribution in [0.4, 0.5) is 0 Å². The normalized spacial score (nSPS) is 16.8. The van der Waals surface area contributed by atoms with Crippen LogP contribution in [0.5, 0.6) is 0 Å². The fraction of sp³-hybridized carbons (Fsp3) is 0.294. The second-order valence-corrected chi connectivity index (χ2v) is 6.59. The fourth-order valence-electron chi connectivity index (χ4n) is 2.71. The zero-order chi connectivity index (χ0) is 14.1. The summed E-state index contributed by atoms with van der Waals surface area (Å²) in [6, 6.07) is 13.8. The van der Waals surface area contributed by atoms with Gasteiger partial charge in [-0.05, 0) is 63.5 Å². The van der Waals surface area contributed by atoms with Gasteiger partial charge in [-0.1, -0.05) is 48.4 Å². The van der Waals surface area contributed by atoms with Gasteiger partial charge in [0.05, 0.1) is 5.02 Å². The monoisotopic (exact) mass is 350 g/mol. The first-order valence-electron chi connectivity index (χ1n) is 6.88. The second-order valence-electron chi connectivity index (χ2n) is 5.33. The summed E-state index contributed by atoms with van der Waals surface area (Å²) in [7, 11) is 0. The molecule has 3 rings (SSSR count). The van der Waals surface area contributed by atoms with Crippen LogP contribution in [-0.4, -0.2) is 5.11 Å². The van der Waals surface area contributed by atoms with E-state index >= 15 is 0 Å². The van der Waals surface area contributed by atoms with Crippen molar-refractivity contribution in [3.05, 3.63) is 68.7 Å². The summed E-state index contributed by atoms with van der Waals surface area (Å²) >= 11 is 9.43. The standard InChI is InChI=1S/C17H16BrClO/c18-15-10-12(8-9-16(15)19)17(20)14-7-2-1-6-13(14)11-4-3-5-11/h1-2,6-11,17,20H,3-5H2. The third-order valence-corrected chi connectivity index (χ3v) is 5.31. The van der Waals surface area contributed by atoms with Crippen molar-refractivity contribution in [3.63, 3.8) is 0 Å². The number of halogens is 2. The average molecular weight is 352 g/mol. The van der Waals surface area contributed by atoms with Crippen LogP contribution in [0.15, 0.2) is 46.9 Å². The van der Waals surface area contributed by atoms with Crippen LogP contribution in [0.2, 0.25) is 5.02 Å². The van der Waals surface area contributed by atoms with E-state index in [0.29, 0.717) is 10.9 Å². The first-order chi connectivity index (χ1) is 9.66. The summed E-state index contributed by atoms with van der Waals surface area (Å²) in [6.07, 6.45) is 3.16. The van der Waals surface area contributed by atoms with Crippen LogP contribution in [0.25, 0.3) is 0 Å². The molecule has 1 saturated carbocycles. The fourth-order valence-corrected chi connectivity index (χ4v) is 3.23. The van der Waals surface area contributed by atoms with Gasteiger partial charge in [0.2, 0.25) is 0 Å².